The second kappa shape index (κ2) is 5.85. The summed E-state index contributed by atoms with van der Waals surface area (Å²) in [5.74, 6) is 0.384. The SMILES string of the molecule is CNc1ccnc(C(=O)NCC(C)(C)C(C)C)c1. The molecule has 4 heteroatoms. The zero-order valence-electron chi connectivity index (χ0n) is 11.9. The average Bonchev–Trinajstić information content (AvgIpc) is 2.36. The quantitative estimate of drug-likeness (QED) is 0.843. The molecular formula is C14H23N3O. The van der Waals surface area contributed by atoms with E-state index < -0.39 is 0 Å². The minimum atomic E-state index is -0.124. The van der Waals surface area contributed by atoms with Gasteiger partial charge >= 0.3 is 0 Å². The third-order valence-corrected chi connectivity index (χ3v) is 3.55. The number of carbonyl (C=O) groups excluding carboxylic acids is 1. The lowest BCUT2D eigenvalue weighted by atomic mass is 9.81. The van der Waals surface area contributed by atoms with E-state index in [-0.39, 0.29) is 11.3 Å². The lowest BCUT2D eigenvalue weighted by Gasteiger charge is -2.29. The molecule has 1 aromatic rings. The molecule has 0 radical (unpaired) electrons. The van der Waals surface area contributed by atoms with E-state index >= 15 is 0 Å². The molecule has 0 unspecified atom stereocenters. The Hall–Kier alpha value is -1.58. The van der Waals surface area contributed by atoms with E-state index in [1.165, 1.54) is 0 Å². The number of carbonyl (C=O) groups is 1. The molecule has 0 aliphatic heterocycles. The third kappa shape index (κ3) is 3.72. The van der Waals surface area contributed by atoms with Crippen molar-refractivity contribution < 1.29 is 4.79 Å². The molecule has 100 valence electrons. The van der Waals surface area contributed by atoms with Gasteiger partial charge in [0.15, 0.2) is 0 Å². The van der Waals surface area contributed by atoms with Gasteiger partial charge in [0.2, 0.25) is 0 Å². The van der Waals surface area contributed by atoms with Crippen molar-refractivity contribution in [3.05, 3.63) is 24.0 Å². The summed E-state index contributed by atoms with van der Waals surface area (Å²) in [6, 6.07) is 3.58. The first-order valence-electron chi connectivity index (χ1n) is 6.29. The van der Waals surface area contributed by atoms with Gasteiger partial charge in [0.25, 0.3) is 5.91 Å². The lowest BCUT2D eigenvalue weighted by Crippen LogP contribution is -2.37. The minimum Gasteiger partial charge on any atom is -0.388 e. The summed E-state index contributed by atoms with van der Waals surface area (Å²) < 4.78 is 0. The summed E-state index contributed by atoms with van der Waals surface area (Å²) in [5, 5.41) is 5.94. The molecule has 0 spiro atoms. The highest BCUT2D eigenvalue weighted by Gasteiger charge is 2.23. The number of nitrogens with one attached hydrogen (secondary N) is 2. The molecule has 0 saturated heterocycles. The largest absolute Gasteiger partial charge is 0.388 e. The van der Waals surface area contributed by atoms with Gasteiger partial charge in [-0.1, -0.05) is 27.7 Å². The molecular weight excluding hydrogens is 226 g/mol. The first kappa shape index (κ1) is 14.5. The highest BCUT2D eigenvalue weighted by Crippen LogP contribution is 2.24. The van der Waals surface area contributed by atoms with Crippen LogP contribution in [0.15, 0.2) is 18.3 Å². The van der Waals surface area contributed by atoms with E-state index in [0.29, 0.717) is 18.2 Å². The van der Waals surface area contributed by atoms with Gasteiger partial charge in [-0.15, -0.1) is 0 Å². The van der Waals surface area contributed by atoms with Crippen LogP contribution in [0, 0.1) is 11.3 Å². The molecule has 0 aliphatic carbocycles. The molecule has 0 saturated carbocycles. The minimum absolute atomic E-state index is 0.0796. The number of aromatic nitrogens is 1. The Balaban J connectivity index is 2.66. The van der Waals surface area contributed by atoms with E-state index in [0.717, 1.165) is 5.69 Å². The van der Waals surface area contributed by atoms with Crippen molar-refractivity contribution in [3.8, 4) is 0 Å². The van der Waals surface area contributed by atoms with Gasteiger partial charge in [-0.2, -0.15) is 0 Å². The molecule has 1 heterocycles. The molecule has 2 N–H and O–H groups in total. The number of hydrogen-bond acceptors (Lipinski definition) is 3. The zero-order valence-corrected chi connectivity index (χ0v) is 11.9. The third-order valence-electron chi connectivity index (χ3n) is 3.55. The van der Waals surface area contributed by atoms with Crippen LogP contribution in [0.1, 0.15) is 38.2 Å². The first-order valence-corrected chi connectivity index (χ1v) is 6.29. The van der Waals surface area contributed by atoms with Gasteiger partial charge < -0.3 is 10.6 Å². The van der Waals surface area contributed by atoms with Gasteiger partial charge in [0.05, 0.1) is 0 Å². The van der Waals surface area contributed by atoms with Crippen LogP contribution in [-0.2, 0) is 0 Å². The molecule has 1 amide bonds. The van der Waals surface area contributed by atoms with Crippen molar-refractivity contribution in [2.75, 3.05) is 18.9 Å². The van der Waals surface area contributed by atoms with Crippen LogP contribution in [-0.4, -0.2) is 24.5 Å². The van der Waals surface area contributed by atoms with Crippen LogP contribution < -0.4 is 10.6 Å². The summed E-state index contributed by atoms with van der Waals surface area (Å²) in [7, 11) is 1.82. The second-order valence-electron chi connectivity index (χ2n) is 5.51. The predicted octanol–water partition coefficient (Wildman–Crippen LogP) is 2.54. The fourth-order valence-corrected chi connectivity index (χ4v) is 1.31. The Bertz CT molecular complexity index is 413. The fourth-order valence-electron chi connectivity index (χ4n) is 1.31. The van der Waals surface area contributed by atoms with E-state index in [1.54, 1.807) is 12.3 Å². The second-order valence-corrected chi connectivity index (χ2v) is 5.51. The zero-order chi connectivity index (χ0) is 13.8. The summed E-state index contributed by atoms with van der Waals surface area (Å²) >= 11 is 0. The van der Waals surface area contributed by atoms with Crippen LogP contribution in [0.5, 0.6) is 0 Å². The van der Waals surface area contributed by atoms with Gasteiger partial charge in [0, 0.05) is 25.5 Å². The maximum absolute atomic E-state index is 12.0. The van der Waals surface area contributed by atoms with Crippen molar-refractivity contribution in [1.29, 1.82) is 0 Å². The summed E-state index contributed by atoms with van der Waals surface area (Å²) in [6.45, 7) is 9.26. The maximum atomic E-state index is 12.0. The Morgan fingerprint density at radius 1 is 1.44 bits per heavy atom. The topological polar surface area (TPSA) is 54.0 Å². The van der Waals surface area contributed by atoms with Crippen molar-refractivity contribution in [2.24, 2.45) is 11.3 Å². The van der Waals surface area contributed by atoms with Gasteiger partial charge in [-0.05, 0) is 23.5 Å². The lowest BCUT2D eigenvalue weighted by molar-refractivity contribution is 0.0920. The molecule has 0 bridgehead atoms. The Morgan fingerprint density at radius 2 is 2.11 bits per heavy atom. The number of rotatable bonds is 5. The molecule has 1 aromatic heterocycles. The fraction of sp³-hybridized carbons (Fsp3) is 0.571. The summed E-state index contributed by atoms with van der Waals surface area (Å²) in [5.41, 5.74) is 1.41. The number of pyridine rings is 1. The normalized spacial score (nSPS) is 11.4. The number of nitrogens with zero attached hydrogens (tertiary/aromatic N) is 1. The molecule has 0 fully saturated rings. The molecule has 4 nitrogen and oxygen atoms in total. The standard InChI is InChI=1S/C14H23N3O/c1-10(2)14(3,4)9-17-13(18)12-8-11(15-5)6-7-16-12/h6-8,10H,9H2,1-5H3,(H,15,16)(H,17,18). The van der Waals surface area contributed by atoms with Crippen molar-refractivity contribution in [3.63, 3.8) is 0 Å². The van der Waals surface area contributed by atoms with Crippen molar-refractivity contribution in [2.45, 2.75) is 27.7 Å². The Kier molecular flexibility index (Phi) is 4.70. The summed E-state index contributed by atoms with van der Waals surface area (Å²) in [6.07, 6.45) is 1.63. The first-order chi connectivity index (χ1) is 8.36. The van der Waals surface area contributed by atoms with Crippen molar-refractivity contribution >= 4 is 11.6 Å². The highest BCUT2D eigenvalue weighted by molar-refractivity contribution is 5.93. The number of anilines is 1. The molecule has 0 aliphatic rings. The average molecular weight is 249 g/mol. The summed E-state index contributed by atoms with van der Waals surface area (Å²) in [4.78, 5) is 16.1. The van der Waals surface area contributed by atoms with Crippen LogP contribution >= 0.6 is 0 Å². The van der Waals surface area contributed by atoms with Crippen LogP contribution in [0.25, 0.3) is 0 Å². The number of hydrogen-bond donors (Lipinski definition) is 2. The Morgan fingerprint density at radius 3 is 2.67 bits per heavy atom. The monoisotopic (exact) mass is 249 g/mol. The van der Waals surface area contributed by atoms with Crippen LogP contribution in [0.2, 0.25) is 0 Å². The van der Waals surface area contributed by atoms with E-state index in [9.17, 15) is 4.79 Å². The predicted molar refractivity (Wildman–Crippen MR) is 74.7 cm³/mol. The van der Waals surface area contributed by atoms with E-state index in [1.807, 2.05) is 13.1 Å². The van der Waals surface area contributed by atoms with Gasteiger partial charge in [0.1, 0.15) is 5.69 Å². The van der Waals surface area contributed by atoms with Crippen LogP contribution in [0.3, 0.4) is 0 Å². The highest BCUT2D eigenvalue weighted by atomic mass is 16.1. The van der Waals surface area contributed by atoms with Gasteiger partial charge in [-0.3, -0.25) is 9.78 Å². The molecule has 0 aromatic carbocycles. The van der Waals surface area contributed by atoms with Gasteiger partial charge in [-0.25, -0.2) is 0 Å². The molecule has 1 rings (SSSR count). The van der Waals surface area contributed by atoms with E-state index in [4.69, 9.17) is 0 Å². The Labute approximate surface area is 109 Å². The van der Waals surface area contributed by atoms with Crippen molar-refractivity contribution in [1.82, 2.24) is 10.3 Å². The van der Waals surface area contributed by atoms with E-state index in [2.05, 4.69) is 43.3 Å². The van der Waals surface area contributed by atoms with Crippen LogP contribution in [0.4, 0.5) is 5.69 Å². The maximum Gasteiger partial charge on any atom is 0.269 e. The number of amides is 1. The molecule has 0 atom stereocenters. The molecule has 18 heavy (non-hydrogen) atoms. The smallest absolute Gasteiger partial charge is 0.269 e.